The Hall–Kier alpha value is -1.97. The number of rotatable bonds is 5. The second-order valence-electron chi connectivity index (χ2n) is 3.10. The Bertz CT molecular complexity index is 385. The van der Waals surface area contributed by atoms with Gasteiger partial charge in [-0.05, 0) is 0 Å². The molecule has 0 atom stereocenters. The van der Waals surface area contributed by atoms with Gasteiger partial charge in [-0.15, -0.1) is 0 Å². The van der Waals surface area contributed by atoms with E-state index in [0.29, 0.717) is 5.56 Å². The Morgan fingerprint density at radius 1 is 1.31 bits per heavy atom. The van der Waals surface area contributed by atoms with Crippen LogP contribution in [0.4, 0.5) is 0 Å². The molecule has 1 aromatic rings. The number of hydrogen-bond acceptors (Lipinski definition) is 4. The van der Waals surface area contributed by atoms with Crippen LogP contribution in [0.2, 0.25) is 0 Å². The molecule has 1 aromatic carbocycles. The molecular weight excluding hydrogens is 206 g/mol. The lowest BCUT2D eigenvalue weighted by Gasteiger charge is -1.95. The number of benzene rings is 1. The van der Waals surface area contributed by atoms with E-state index in [1.807, 2.05) is 6.07 Å². The van der Waals surface area contributed by atoms with Crippen LogP contribution in [0.15, 0.2) is 35.5 Å². The zero-order chi connectivity index (χ0) is 11.8. The molecule has 0 fully saturated rings. The molecule has 16 heavy (non-hydrogen) atoms. The quantitative estimate of drug-likeness (QED) is 0.330. The highest BCUT2D eigenvalue weighted by Gasteiger charge is 2.02. The van der Waals surface area contributed by atoms with Crippen LogP contribution in [-0.2, 0) is 9.63 Å². The average Bonchev–Trinajstić information content (AvgIpc) is 2.35. The molecule has 0 aromatic heterocycles. The summed E-state index contributed by atoms with van der Waals surface area (Å²) >= 11 is 0. The van der Waals surface area contributed by atoms with E-state index in [4.69, 9.17) is 0 Å². The predicted octanol–water partition coefficient (Wildman–Crippen LogP) is 2.20. The van der Waals surface area contributed by atoms with E-state index in [-0.39, 0.29) is 18.6 Å². The third kappa shape index (κ3) is 4.04. The Morgan fingerprint density at radius 2 is 2.00 bits per heavy atom. The standard InChI is InChI=1S/C12H13NO3/c1-2-12(15)16-13-9-8-11(14)10-6-4-3-5-7-10/h3-7,9H,2,8H2,1H3. The van der Waals surface area contributed by atoms with Crippen LogP contribution in [0.25, 0.3) is 0 Å². The van der Waals surface area contributed by atoms with Gasteiger partial charge in [-0.3, -0.25) is 4.79 Å². The first-order chi connectivity index (χ1) is 7.74. The molecule has 0 radical (unpaired) electrons. The molecule has 0 saturated carbocycles. The number of hydrogen-bond donors (Lipinski definition) is 0. The summed E-state index contributed by atoms with van der Waals surface area (Å²) in [6.45, 7) is 1.67. The Kier molecular flexibility index (Phi) is 4.92. The molecule has 0 N–H and O–H groups in total. The largest absolute Gasteiger partial charge is 0.334 e. The van der Waals surface area contributed by atoms with E-state index in [2.05, 4.69) is 9.99 Å². The zero-order valence-corrected chi connectivity index (χ0v) is 9.05. The number of nitrogens with zero attached hydrogens (tertiary/aromatic N) is 1. The van der Waals surface area contributed by atoms with Crippen LogP contribution < -0.4 is 0 Å². The highest BCUT2D eigenvalue weighted by molar-refractivity contribution is 6.03. The Balaban J connectivity index is 2.39. The number of carbonyl (C=O) groups is 2. The maximum absolute atomic E-state index is 11.5. The SMILES string of the molecule is CCC(=O)ON=CCC(=O)c1ccccc1. The van der Waals surface area contributed by atoms with Crippen molar-refractivity contribution in [2.24, 2.45) is 5.16 Å². The summed E-state index contributed by atoms with van der Waals surface area (Å²) in [7, 11) is 0. The first-order valence-electron chi connectivity index (χ1n) is 5.04. The van der Waals surface area contributed by atoms with E-state index in [0.717, 1.165) is 0 Å². The third-order valence-corrected chi connectivity index (χ3v) is 1.89. The monoisotopic (exact) mass is 219 g/mol. The van der Waals surface area contributed by atoms with Crippen molar-refractivity contribution in [3.8, 4) is 0 Å². The first-order valence-corrected chi connectivity index (χ1v) is 5.04. The van der Waals surface area contributed by atoms with Crippen LogP contribution in [-0.4, -0.2) is 18.0 Å². The van der Waals surface area contributed by atoms with Gasteiger partial charge in [-0.25, -0.2) is 4.79 Å². The molecular formula is C12H13NO3. The van der Waals surface area contributed by atoms with Gasteiger partial charge in [0.1, 0.15) is 0 Å². The lowest BCUT2D eigenvalue weighted by Crippen LogP contribution is -2.01. The van der Waals surface area contributed by atoms with Crippen molar-refractivity contribution in [1.29, 1.82) is 0 Å². The minimum absolute atomic E-state index is 0.0584. The molecule has 0 saturated heterocycles. The van der Waals surface area contributed by atoms with Crippen LogP contribution in [0.3, 0.4) is 0 Å². The van der Waals surface area contributed by atoms with E-state index < -0.39 is 5.97 Å². The molecule has 1 rings (SSSR count). The smallest absolute Gasteiger partial charge is 0.319 e. The van der Waals surface area contributed by atoms with Crippen molar-refractivity contribution < 1.29 is 14.4 Å². The van der Waals surface area contributed by atoms with E-state index >= 15 is 0 Å². The lowest BCUT2D eigenvalue weighted by molar-refractivity contribution is -0.143. The molecule has 0 aliphatic heterocycles. The summed E-state index contributed by atoms with van der Waals surface area (Å²) in [6, 6.07) is 8.89. The normalized spacial score (nSPS) is 10.3. The first kappa shape index (κ1) is 12.1. The molecule has 0 bridgehead atoms. The average molecular weight is 219 g/mol. The molecule has 0 spiro atoms. The minimum atomic E-state index is -0.414. The second kappa shape index (κ2) is 6.50. The fraction of sp³-hybridized carbons (Fsp3) is 0.250. The van der Waals surface area contributed by atoms with E-state index in [1.165, 1.54) is 6.21 Å². The summed E-state index contributed by atoms with van der Waals surface area (Å²) in [5.41, 5.74) is 0.621. The van der Waals surface area contributed by atoms with Gasteiger partial charge in [0.15, 0.2) is 5.78 Å². The van der Waals surface area contributed by atoms with Crippen molar-refractivity contribution in [1.82, 2.24) is 0 Å². The van der Waals surface area contributed by atoms with Gasteiger partial charge >= 0.3 is 5.97 Å². The second-order valence-corrected chi connectivity index (χ2v) is 3.10. The van der Waals surface area contributed by atoms with Crippen molar-refractivity contribution in [2.75, 3.05) is 0 Å². The van der Waals surface area contributed by atoms with Gasteiger partial charge < -0.3 is 4.84 Å². The molecule has 0 amide bonds. The number of oxime groups is 1. The number of carbonyl (C=O) groups excluding carboxylic acids is 2. The fourth-order valence-corrected chi connectivity index (χ4v) is 1.02. The molecule has 84 valence electrons. The highest BCUT2D eigenvalue weighted by atomic mass is 16.7. The fourth-order valence-electron chi connectivity index (χ4n) is 1.02. The van der Waals surface area contributed by atoms with Crippen molar-refractivity contribution >= 4 is 18.0 Å². The van der Waals surface area contributed by atoms with Gasteiger partial charge in [-0.1, -0.05) is 42.4 Å². The number of Topliss-reactive ketones (excluding diaryl/α,β-unsaturated/α-hetero) is 1. The Labute approximate surface area is 93.9 Å². The Morgan fingerprint density at radius 3 is 2.62 bits per heavy atom. The summed E-state index contributed by atoms with van der Waals surface area (Å²) in [5, 5.41) is 3.41. The van der Waals surface area contributed by atoms with Gasteiger partial charge in [0.25, 0.3) is 0 Å². The summed E-state index contributed by atoms with van der Waals surface area (Å²) in [4.78, 5) is 26.7. The zero-order valence-electron chi connectivity index (χ0n) is 9.05. The van der Waals surface area contributed by atoms with E-state index in [1.54, 1.807) is 31.2 Å². The lowest BCUT2D eigenvalue weighted by atomic mass is 10.1. The molecule has 0 unspecified atom stereocenters. The third-order valence-electron chi connectivity index (χ3n) is 1.89. The van der Waals surface area contributed by atoms with Crippen molar-refractivity contribution in [3.05, 3.63) is 35.9 Å². The van der Waals surface area contributed by atoms with Crippen LogP contribution in [0.5, 0.6) is 0 Å². The van der Waals surface area contributed by atoms with Crippen molar-refractivity contribution in [3.63, 3.8) is 0 Å². The molecule has 0 heterocycles. The van der Waals surface area contributed by atoms with Gasteiger partial charge in [0.2, 0.25) is 0 Å². The van der Waals surface area contributed by atoms with Crippen LogP contribution >= 0.6 is 0 Å². The molecule has 4 heteroatoms. The molecule has 4 nitrogen and oxygen atoms in total. The topological polar surface area (TPSA) is 55.7 Å². The number of ketones is 1. The van der Waals surface area contributed by atoms with Crippen molar-refractivity contribution in [2.45, 2.75) is 19.8 Å². The minimum Gasteiger partial charge on any atom is -0.319 e. The summed E-state index contributed by atoms with van der Waals surface area (Å²) in [6.07, 6.45) is 1.69. The van der Waals surface area contributed by atoms with Gasteiger partial charge in [-0.2, -0.15) is 0 Å². The molecule has 0 aliphatic rings. The van der Waals surface area contributed by atoms with Crippen LogP contribution in [0, 0.1) is 0 Å². The van der Waals surface area contributed by atoms with Gasteiger partial charge in [0, 0.05) is 18.4 Å². The summed E-state index contributed by atoms with van der Waals surface area (Å²) < 4.78 is 0. The highest BCUT2D eigenvalue weighted by Crippen LogP contribution is 2.01. The maximum Gasteiger partial charge on any atom is 0.334 e. The van der Waals surface area contributed by atoms with Gasteiger partial charge in [0.05, 0.1) is 6.21 Å². The molecule has 0 aliphatic carbocycles. The van der Waals surface area contributed by atoms with E-state index in [9.17, 15) is 9.59 Å². The summed E-state index contributed by atoms with van der Waals surface area (Å²) in [5.74, 6) is -0.472. The maximum atomic E-state index is 11.5. The van der Waals surface area contributed by atoms with Crippen LogP contribution in [0.1, 0.15) is 30.1 Å². The predicted molar refractivity (Wildman–Crippen MR) is 60.3 cm³/mol.